The van der Waals surface area contributed by atoms with Gasteiger partial charge in [-0.15, -0.1) is 6.58 Å². The maximum Gasteiger partial charge on any atom is 0.315 e. The summed E-state index contributed by atoms with van der Waals surface area (Å²) < 4.78 is 25.9. The lowest BCUT2D eigenvalue weighted by Gasteiger charge is -2.44. The number of rotatable bonds is 14. The Morgan fingerprint density at radius 1 is 0.943 bits per heavy atom. The van der Waals surface area contributed by atoms with Gasteiger partial charge in [0.2, 0.25) is 17.6 Å². The highest BCUT2D eigenvalue weighted by Crippen LogP contribution is 2.42. The van der Waals surface area contributed by atoms with Crippen LogP contribution >= 0.6 is 0 Å². The summed E-state index contributed by atoms with van der Waals surface area (Å²) in [6, 6.07) is -3.65. The molecule has 4 rings (SSSR count). The van der Waals surface area contributed by atoms with Crippen molar-refractivity contribution in [1.29, 1.82) is 0 Å². The number of Topliss-reactive ketones (excluding diaryl/α,β-unsaturated/α-hetero) is 1. The van der Waals surface area contributed by atoms with E-state index in [1.54, 1.807) is 25.7 Å². The Kier molecular flexibility index (Phi) is 13.7. The molecule has 1 heterocycles. The first kappa shape index (κ1) is 42.5. The summed E-state index contributed by atoms with van der Waals surface area (Å²) in [5.74, 6) is -2.57. The highest BCUT2D eigenvalue weighted by Gasteiger charge is 2.51. The number of urea groups is 1. The third-order valence-corrected chi connectivity index (χ3v) is 14.8. The number of nitrogens with one attached hydrogen (secondary N) is 4. The maximum absolute atomic E-state index is 15.0. The molecule has 0 aromatic carbocycles. The number of carbonyl (C=O) groups is 5. The van der Waals surface area contributed by atoms with Gasteiger partial charge in [-0.1, -0.05) is 76.9 Å². The van der Waals surface area contributed by atoms with Crippen molar-refractivity contribution < 1.29 is 32.4 Å². The summed E-state index contributed by atoms with van der Waals surface area (Å²) in [6.07, 6.45) is 11.4. The normalized spacial score (nSPS) is 24.0. The zero-order valence-electron chi connectivity index (χ0n) is 33.2. The van der Waals surface area contributed by atoms with Crippen molar-refractivity contribution in [2.24, 2.45) is 17.3 Å². The molecule has 13 heteroatoms. The Hall–Kier alpha value is -3.22. The average Bonchev–Trinajstić information content (AvgIpc) is 3.83. The highest BCUT2D eigenvalue weighted by molar-refractivity contribution is 7.92. The Morgan fingerprint density at radius 2 is 1.53 bits per heavy atom. The second-order valence-electron chi connectivity index (χ2n) is 17.8. The summed E-state index contributed by atoms with van der Waals surface area (Å²) in [5.41, 5.74) is 0.0775. The van der Waals surface area contributed by atoms with Gasteiger partial charge in [0.1, 0.15) is 12.1 Å². The zero-order valence-corrected chi connectivity index (χ0v) is 34.0. The summed E-state index contributed by atoms with van der Waals surface area (Å²) >= 11 is 0. The molecule has 5 amide bonds. The molecule has 0 aromatic rings. The minimum atomic E-state index is -3.58. The van der Waals surface area contributed by atoms with Crippen LogP contribution in [0.5, 0.6) is 0 Å². The van der Waals surface area contributed by atoms with Gasteiger partial charge in [-0.25, -0.2) is 13.2 Å². The fourth-order valence-corrected chi connectivity index (χ4v) is 10.2. The van der Waals surface area contributed by atoms with Crippen molar-refractivity contribution in [3.8, 4) is 0 Å². The lowest BCUT2D eigenvalue weighted by atomic mass is 9.70. The number of hydrogen-bond donors (Lipinski definition) is 4. The first-order valence-corrected chi connectivity index (χ1v) is 21.4. The number of carbonyl (C=O) groups excluding carboxylic acids is 5. The molecule has 4 N–H and O–H groups in total. The van der Waals surface area contributed by atoms with Gasteiger partial charge in [0.15, 0.2) is 9.84 Å². The van der Waals surface area contributed by atoms with Crippen molar-refractivity contribution in [1.82, 2.24) is 26.2 Å². The molecule has 4 aliphatic rings. The molecule has 3 aliphatic carbocycles. The van der Waals surface area contributed by atoms with Gasteiger partial charge in [-0.3, -0.25) is 19.2 Å². The third kappa shape index (κ3) is 10.3. The number of hydrogen-bond acceptors (Lipinski definition) is 7. The van der Waals surface area contributed by atoms with Crippen molar-refractivity contribution in [3.05, 3.63) is 23.8 Å². The van der Waals surface area contributed by atoms with Crippen LogP contribution in [0.3, 0.4) is 0 Å². The van der Waals surface area contributed by atoms with Gasteiger partial charge in [-0.05, 0) is 89.5 Å². The molecule has 1 aliphatic heterocycles. The van der Waals surface area contributed by atoms with E-state index in [-0.39, 0.29) is 36.6 Å². The fraction of sp³-hybridized carbons (Fsp3) is 0.775. The van der Waals surface area contributed by atoms with Crippen molar-refractivity contribution in [2.75, 3.05) is 18.8 Å². The van der Waals surface area contributed by atoms with Crippen molar-refractivity contribution in [2.45, 2.75) is 160 Å². The molecular weight excluding hydrogens is 695 g/mol. The Morgan fingerprint density at radius 3 is 2.06 bits per heavy atom. The standard InChI is InChI=1S/C40H65N5O7S/c1-9-22-41-35(48)32(46)29(23-28-16-17-28)42-34(47)31-30(26(2)3)27(4)24-45(31)36(49)33(39(8)18-12-10-13-19-39)43-37(50)44-40(20-14-11-15-21-40)25-53(51,52)38(5,6)7/h9,27-29,31,33H,1,10-25H2,2-8H3,(H,41,48)(H,42,47)(H2,43,44,50)/t27-,29-,31-,33+/m0/s1. The van der Waals surface area contributed by atoms with Crippen LogP contribution in [-0.2, 0) is 29.0 Å². The second-order valence-corrected chi connectivity index (χ2v) is 20.6. The molecule has 0 bridgehead atoms. The Bertz CT molecular complexity index is 1540. The largest absolute Gasteiger partial charge is 0.346 e. The molecule has 3 saturated carbocycles. The Balaban J connectivity index is 1.66. The first-order valence-electron chi connectivity index (χ1n) is 19.8. The van der Waals surface area contributed by atoms with E-state index in [1.165, 1.54) is 6.08 Å². The van der Waals surface area contributed by atoms with Gasteiger partial charge >= 0.3 is 6.03 Å². The Labute approximate surface area is 317 Å². The fourth-order valence-electron chi connectivity index (χ4n) is 8.65. The molecule has 0 radical (unpaired) electrons. The minimum Gasteiger partial charge on any atom is -0.346 e. The summed E-state index contributed by atoms with van der Waals surface area (Å²) in [5, 5.41) is 11.5. The lowest BCUT2D eigenvalue weighted by molar-refractivity contribution is -0.144. The molecular formula is C40H65N5O7S. The molecule has 298 valence electrons. The van der Waals surface area contributed by atoms with Crippen LogP contribution < -0.4 is 21.3 Å². The second kappa shape index (κ2) is 17.1. The van der Waals surface area contributed by atoms with Gasteiger partial charge in [0, 0.05) is 13.1 Å². The van der Waals surface area contributed by atoms with Crippen LogP contribution in [0.2, 0.25) is 0 Å². The predicted octanol–water partition coefficient (Wildman–Crippen LogP) is 4.88. The molecule has 0 unspecified atom stereocenters. The molecule has 4 atom stereocenters. The van der Waals surface area contributed by atoms with Crippen LogP contribution in [0.4, 0.5) is 4.79 Å². The minimum absolute atomic E-state index is 0.118. The van der Waals surface area contributed by atoms with E-state index in [2.05, 4.69) is 27.8 Å². The molecule has 1 saturated heterocycles. The number of ketones is 1. The third-order valence-electron chi connectivity index (χ3n) is 12.0. The molecule has 12 nitrogen and oxygen atoms in total. The number of likely N-dealkylation sites (tertiary alicyclic amines) is 1. The topological polar surface area (TPSA) is 171 Å². The van der Waals surface area contributed by atoms with Gasteiger partial charge in [-0.2, -0.15) is 0 Å². The van der Waals surface area contributed by atoms with Gasteiger partial charge in [0.05, 0.1) is 22.1 Å². The van der Waals surface area contributed by atoms with E-state index in [0.29, 0.717) is 32.1 Å². The van der Waals surface area contributed by atoms with E-state index in [4.69, 9.17) is 0 Å². The van der Waals surface area contributed by atoms with E-state index in [1.807, 2.05) is 27.7 Å². The number of amides is 5. The van der Waals surface area contributed by atoms with Crippen LogP contribution in [0, 0.1) is 17.3 Å². The van der Waals surface area contributed by atoms with Crippen molar-refractivity contribution >= 4 is 39.4 Å². The summed E-state index contributed by atoms with van der Waals surface area (Å²) in [7, 11) is -3.58. The van der Waals surface area contributed by atoms with Gasteiger partial charge in [0.25, 0.3) is 5.91 Å². The van der Waals surface area contributed by atoms with Crippen LogP contribution in [0.1, 0.15) is 132 Å². The molecule has 0 spiro atoms. The quantitative estimate of drug-likeness (QED) is 0.145. The maximum atomic E-state index is 15.0. The van der Waals surface area contributed by atoms with Crippen molar-refractivity contribution in [3.63, 3.8) is 0 Å². The smallest absolute Gasteiger partial charge is 0.315 e. The van der Waals surface area contributed by atoms with Crippen LogP contribution in [0.15, 0.2) is 23.8 Å². The zero-order chi connectivity index (χ0) is 39.4. The van der Waals surface area contributed by atoms with Crippen LogP contribution in [0.25, 0.3) is 0 Å². The highest BCUT2D eigenvalue weighted by atomic mass is 32.2. The number of allylic oxidation sites excluding steroid dienone is 1. The first-order chi connectivity index (χ1) is 24.7. The molecule has 0 aromatic heterocycles. The monoisotopic (exact) mass is 759 g/mol. The SMILES string of the molecule is C=CCNC(=O)C(=O)[C@H](CC1CC1)NC(=O)[C@@H]1C(=C(C)C)[C@@H](C)CN1C(=O)[C@@H](NC(=O)NC1(CS(=O)(=O)C(C)(C)C)CCCCC1)C1(C)CCCCC1. The number of nitrogens with zero attached hydrogens (tertiary/aromatic N) is 1. The lowest BCUT2D eigenvalue weighted by Crippen LogP contribution is -2.64. The predicted molar refractivity (Wildman–Crippen MR) is 207 cm³/mol. The van der Waals surface area contributed by atoms with Gasteiger partial charge < -0.3 is 26.2 Å². The van der Waals surface area contributed by atoms with E-state index >= 15 is 4.79 Å². The van der Waals surface area contributed by atoms with Crippen LogP contribution in [-0.4, -0.2) is 90.1 Å². The summed E-state index contributed by atoms with van der Waals surface area (Å²) in [6.45, 7) is 16.7. The average molecular weight is 760 g/mol. The number of sulfone groups is 1. The summed E-state index contributed by atoms with van der Waals surface area (Å²) in [4.78, 5) is 71.1. The van der Waals surface area contributed by atoms with E-state index in [0.717, 1.165) is 62.5 Å². The van der Waals surface area contributed by atoms with E-state index < -0.39 is 67.3 Å². The molecule has 53 heavy (non-hydrogen) atoms. The van der Waals surface area contributed by atoms with E-state index in [9.17, 15) is 27.6 Å². The molecule has 4 fully saturated rings.